The van der Waals surface area contributed by atoms with Gasteiger partial charge in [-0.15, -0.1) is 5.10 Å². The summed E-state index contributed by atoms with van der Waals surface area (Å²) in [5.41, 5.74) is 2.76. The summed E-state index contributed by atoms with van der Waals surface area (Å²) in [6.07, 6.45) is 7.31. The fourth-order valence-corrected chi connectivity index (χ4v) is 10.4. The number of nitrogens with zero attached hydrogens (tertiary/aromatic N) is 3. The Kier molecular flexibility index (Phi) is 11.7. The van der Waals surface area contributed by atoms with Crippen molar-refractivity contribution in [1.82, 2.24) is 30.9 Å². The van der Waals surface area contributed by atoms with Crippen molar-refractivity contribution in [3.05, 3.63) is 52.8 Å². The zero-order valence-corrected chi connectivity index (χ0v) is 33.2. The van der Waals surface area contributed by atoms with Crippen LogP contribution in [0.3, 0.4) is 0 Å². The highest BCUT2D eigenvalue weighted by Gasteiger charge is 2.54. The number of aromatic nitrogens is 3. The molecule has 5 heterocycles. The standard InChI is InChI=1S/C40H48N6O11S/c1-52-29-12-21(13-30(53-2)38(29)49)34-23-14-27-28(57-20-56-27)15-24(23)37(25-18-55-39(50)35(25)34)46-16-22(44-45-46)17-54-33(48)10-4-3-7-11-41-32(47)9-6-5-8-31-36-26(19-58-31)42-40(51)43-36/h12-16,25-26,31,34-37,49H,3-11,17-20H2,1-2H3,(H,41,47)(H2,42,43,51)/t25-,26-,31-,34+,35-,36-,37+/m0/s1. The minimum atomic E-state index is -0.633. The molecule has 1 aliphatic carbocycles. The largest absolute Gasteiger partial charge is 0.502 e. The summed E-state index contributed by atoms with van der Waals surface area (Å²) in [4.78, 5) is 50.1. The molecule has 58 heavy (non-hydrogen) atoms. The summed E-state index contributed by atoms with van der Waals surface area (Å²) in [6, 6.07) is 7.02. The number of aromatic hydroxyl groups is 1. The van der Waals surface area contributed by atoms with Crippen LogP contribution in [0.4, 0.5) is 4.79 Å². The van der Waals surface area contributed by atoms with E-state index in [1.807, 2.05) is 23.9 Å². The molecule has 310 valence electrons. The van der Waals surface area contributed by atoms with Gasteiger partial charge < -0.3 is 49.5 Å². The van der Waals surface area contributed by atoms with E-state index in [0.29, 0.717) is 47.4 Å². The smallest absolute Gasteiger partial charge is 0.315 e. The number of thioether (sulfide) groups is 1. The number of hydrogen-bond donors (Lipinski definition) is 4. The van der Waals surface area contributed by atoms with E-state index in [4.69, 9.17) is 28.4 Å². The second-order valence-electron chi connectivity index (χ2n) is 15.2. The highest BCUT2D eigenvalue weighted by Crippen LogP contribution is 2.56. The van der Waals surface area contributed by atoms with Crippen LogP contribution in [0.5, 0.6) is 28.7 Å². The number of methoxy groups -OCH3 is 2. The van der Waals surface area contributed by atoms with Gasteiger partial charge in [0.1, 0.15) is 12.3 Å². The zero-order chi connectivity index (χ0) is 40.3. The number of cyclic esters (lactones) is 1. The molecule has 0 spiro atoms. The Hall–Kier alpha value is -5.39. The van der Waals surface area contributed by atoms with Gasteiger partial charge >= 0.3 is 18.0 Å². The van der Waals surface area contributed by atoms with Crippen LogP contribution in [0.25, 0.3) is 0 Å². The van der Waals surface area contributed by atoms with Crippen molar-refractivity contribution >= 4 is 35.6 Å². The molecule has 4 N–H and O–H groups in total. The minimum absolute atomic E-state index is 0.0317. The number of esters is 2. The Bertz CT molecular complexity index is 2020. The lowest BCUT2D eigenvalue weighted by Gasteiger charge is -2.39. The molecular weight excluding hydrogens is 773 g/mol. The molecule has 4 aliphatic heterocycles. The highest BCUT2D eigenvalue weighted by molar-refractivity contribution is 8.00. The average Bonchev–Trinajstić information content (AvgIpc) is 4.07. The molecule has 18 heteroatoms. The second-order valence-corrected chi connectivity index (χ2v) is 16.5. The molecule has 3 amide bonds. The summed E-state index contributed by atoms with van der Waals surface area (Å²) in [7, 11) is 2.90. The lowest BCUT2D eigenvalue weighted by molar-refractivity contribution is -0.145. The normalized spacial score (nSPS) is 24.9. The summed E-state index contributed by atoms with van der Waals surface area (Å²) in [5, 5.41) is 28.7. The van der Waals surface area contributed by atoms with E-state index in [-0.39, 0.29) is 85.6 Å². The zero-order valence-electron chi connectivity index (χ0n) is 32.4. The Morgan fingerprint density at radius 2 is 1.72 bits per heavy atom. The molecule has 17 nitrogen and oxygen atoms in total. The number of urea groups is 1. The molecule has 7 atom stereocenters. The first-order valence-electron chi connectivity index (χ1n) is 19.8. The third-order valence-corrected chi connectivity index (χ3v) is 13.2. The fourth-order valence-electron chi connectivity index (χ4n) is 8.87. The number of ether oxygens (including phenoxy) is 6. The Morgan fingerprint density at radius 3 is 2.50 bits per heavy atom. The molecule has 3 fully saturated rings. The average molecular weight is 821 g/mol. The van der Waals surface area contributed by atoms with Crippen molar-refractivity contribution in [2.24, 2.45) is 11.8 Å². The molecule has 8 rings (SSSR count). The van der Waals surface area contributed by atoms with Crippen molar-refractivity contribution in [3.63, 3.8) is 0 Å². The van der Waals surface area contributed by atoms with Gasteiger partial charge in [-0.3, -0.25) is 14.4 Å². The van der Waals surface area contributed by atoms with Crippen LogP contribution >= 0.6 is 11.8 Å². The monoisotopic (exact) mass is 820 g/mol. The quantitative estimate of drug-likeness (QED) is 0.0870. The molecule has 0 saturated carbocycles. The van der Waals surface area contributed by atoms with Gasteiger partial charge in [-0.2, -0.15) is 11.8 Å². The molecule has 5 aliphatic rings. The van der Waals surface area contributed by atoms with Gasteiger partial charge in [0.15, 0.2) is 23.0 Å². The van der Waals surface area contributed by atoms with Gasteiger partial charge in [-0.05, 0) is 66.6 Å². The van der Waals surface area contributed by atoms with Gasteiger partial charge in [0.2, 0.25) is 18.4 Å². The third kappa shape index (κ3) is 8.02. The van der Waals surface area contributed by atoms with Crippen molar-refractivity contribution < 1.29 is 52.7 Å². The summed E-state index contributed by atoms with van der Waals surface area (Å²) in [5.74, 6) is 0.112. The first-order valence-corrected chi connectivity index (χ1v) is 20.8. The summed E-state index contributed by atoms with van der Waals surface area (Å²) < 4.78 is 35.4. The van der Waals surface area contributed by atoms with Crippen LogP contribution in [0.2, 0.25) is 0 Å². The molecule has 0 bridgehead atoms. The van der Waals surface area contributed by atoms with Crippen LogP contribution < -0.4 is 34.9 Å². The van der Waals surface area contributed by atoms with Crippen molar-refractivity contribution in [3.8, 4) is 28.7 Å². The number of nitrogens with one attached hydrogen (secondary N) is 3. The maximum atomic E-state index is 13.5. The van der Waals surface area contributed by atoms with Crippen LogP contribution in [0.1, 0.15) is 85.7 Å². The Morgan fingerprint density at radius 1 is 0.966 bits per heavy atom. The number of phenolic OH excluding ortho intramolecular Hbond substituents is 1. The first-order chi connectivity index (χ1) is 28.2. The lowest BCUT2D eigenvalue weighted by Crippen LogP contribution is -2.37. The van der Waals surface area contributed by atoms with Gasteiger partial charge in [0, 0.05) is 42.2 Å². The van der Waals surface area contributed by atoms with Crippen molar-refractivity contribution in [2.45, 2.75) is 87.3 Å². The number of carbonyl (C=O) groups is 4. The van der Waals surface area contributed by atoms with Gasteiger partial charge in [-0.25, -0.2) is 9.48 Å². The van der Waals surface area contributed by atoms with Crippen LogP contribution in [0.15, 0.2) is 30.5 Å². The topological polar surface area (TPSA) is 211 Å². The molecule has 0 radical (unpaired) electrons. The number of phenols is 1. The number of carbonyl (C=O) groups excluding carboxylic acids is 4. The van der Waals surface area contributed by atoms with Gasteiger partial charge in [0.25, 0.3) is 0 Å². The van der Waals surface area contributed by atoms with E-state index in [9.17, 15) is 24.3 Å². The number of unbranched alkanes of at least 4 members (excludes halogenated alkanes) is 3. The van der Waals surface area contributed by atoms with Gasteiger partial charge in [-0.1, -0.05) is 18.1 Å². The van der Waals surface area contributed by atoms with Crippen molar-refractivity contribution in [2.75, 3.05) is 39.9 Å². The fraction of sp³-hybridized carbons (Fsp3) is 0.550. The Labute approximate surface area is 339 Å². The molecule has 3 saturated heterocycles. The number of fused-ring (bicyclic) bond motifs is 4. The number of benzene rings is 2. The lowest BCUT2D eigenvalue weighted by atomic mass is 9.65. The number of amides is 3. The van der Waals surface area contributed by atoms with E-state index < -0.39 is 17.9 Å². The minimum Gasteiger partial charge on any atom is -0.502 e. The molecular formula is C40H48N6O11S. The molecule has 1 aromatic heterocycles. The van der Waals surface area contributed by atoms with E-state index in [1.165, 1.54) is 14.2 Å². The second kappa shape index (κ2) is 17.2. The molecule has 0 unspecified atom stereocenters. The third-order valence-electron chi connectivity index (χ3n) is 11.7. The van der Waals surface area contributed by atoms with E-state index in [1.54, 1.807) is 23.0 Å². The summed E-state index contributed by atoms with van der Waals surface area (Å²) in [6.45, 7) is 0.684. The highest BCUT2D eigenvalue weighted by atomic mass is 32.2. The van der Waals surface area contributed by atoms with E-state index >= 15 is 0 Å². The van der Waals surface area contributed by atoms with Crippen LogP contribution in [0, 0.1) is 11.8 Å². The Balaban J connectivity index is 0.828. The van der Waals surface area contributed by atoms with E-state index in [2.05, 4.69) is 26.3 Å². The first kappa shape index (κ1) is 39.4. The number of hydrogen-bond acceptors (Lipinski definition) is 14. The van der Waals surface area contributed by atoms with Gasteiger partial charge in [0.05, 0.1) is 51.1 Å². The predicted octanol–water partition coefficient (Wildman–Crippen LogP) is 3.70. The SMILES string of the molecule is COc1cc([C@@H]2c3cc4c(cc3[C@@H](n3cc(COC(=O)CCCCCNC(=O)CCCC[C@@H]5SC[C@@H]6NC(=O)N[C@@H]65)nn3)[C@H]3COC(=O)[C@H]23)OCO4)cc(OC)c1O. The van der Waals surface area contributed by atoms with Crippen LogP contribution in [-0.2, 0) is 30.5 Å². The number of rotatable bonds is 17. The van der Waals surface area contributed by atoms with E-state index in [0.717, 1.165) is 49.0 Å². The van der Waals surface area contributed by atoms with Crippen LogP contribution in [-0.4, -0.2) is 101 Å². The molecule has 3 aromatic rings. The summed E-state index contributed by atoms with van der Waals surface area (Å²) >= 11 is 1.88. The predicted molar refractivity (Wildman–Crippen MR) is 207 cm³/mol. The molecule has 2 aromatic carbocycles. The maximum absolute atomic E-state index is 13.5. The maximum Gasteiger partial charge on any atom is 0.315 e. The van der Waals surface area contributed by atoms with Crippen molar-refractivity contribution in [1.29, 1.82) is 0 Å².